The molecule has 0 spiro atoms. The average Bonchev–Trinajstić information content (AvgIpc) is 3.20. The van der Waals surface area contributed by atoms with Crippen molar-refractivity contribution >= 4 is 22.5 Å². The van der Waals surface area contributed by atoms with Gasteiger partial charge in [-0.3, -0.25) is 9.59 Å². The van der Waals surface area contributed by atoms with Gasteiger partial charge >= 0.3 is 0 Å². The van der Waals surface area contributed by atoms with Crippen molar-refractivity contribution in [3.63, 3.8) is 0 Å². The topological polar surface area (TPSA) is 85.1 Å². The number of nitrogens with one attached hydrogen (secondary N) is 1. The number of benzene rings is 2. The van der Waals surface area contributed by atoms with E-state index in [9.17, 15) is 9.59 Å². The summed E-state index contributed by atoms with van der Waals surface area (Å²) in [4.78, 5) is 28.6. The van der Waals surface area contributed by atoms with Gasteiger partial charge in [-0.05, 0) is 50.1 Å². The zero-order valence-corrected chi connectivity index (χ0v) is 20.2. The van der Waals surface area contributed by atoms with E-state index in [1.807, 2.05) is 94.4 Å². The molecule has 1 amide bonds. The van der Waals surface area contributed by atoms with Crippen molar-refractivity contribution in [1.29, 1.82) is 0 Å². The highest BCUT2D eigenvalue weighted by Gasteiger charge is 2.25. The molecule has 34 heavy (non-hydrogen) atoms. The highest BCUT2D eigenvalue weighted by Crippen LogP contribution is 2.21. The summed E-state index contributed by atoms with van der Waals surface area (Å²) in [7, 11) is 3.97. The molecule has 2 heterocycles. The fourth-order valence-corrected chi connectivity index (χ4v) is 4.10. The van der Waals surface area contributed by atoms with E-state index < -0.39 is 6.04 Å². The summed E-state index contributed by atoms with van der Waals surface area (Å²) in [6, 6.07) is 16.9. The van der Waals surface area contributed by atoms with Crippen LogP contribution in [0.25, 0.3) is 16.6 Å². The summed E-state index contributed by atoms with van der Waals surface area (Å²) in [5, 5.41) is 12.6. The minimum Gasteiger partial charge on any atom is -0.378 e. The van der Waals surface area contributed by atoms with Crippen LogP contribution in [0.2, 0.25) is 0 Å². The Labute approximate surface area is 198 Å². The van der Waals surface area contributed by atoms with E-state index in [-0.39, 0.29) is 11.5 Å². The molecule has 0 aliphatic carbocycles. The first kappa shape index (κ1) is 23.2. The van der Waals surface area contributed by atoms with Gasteiger partial charge in [0, 0.05) is 26.3 Å². The number of hydrogen-bond donors (Lipinski definition) is 1. The minimum atomic E-state index is -0.712. The Hall–Kier alpha value is -3.94. The van der Waals surface area contributed by atoms with E-state index in [1.165, 1.54) is 4.68 Å². The number of rotatable bonds is 7. The van der Waals surface area contributed by atoms with Gasteiger partial charge in [-0.1, -0.05) is 37.3 Å². The van der Waals surface area contributed by atoms with Gasteiger partial charge in [-0.25, -0.2) is 9.36 Å². The maximum atomic E-state index is 13.5. The van der Waals surface area contributed by atoms with Crippen LogP contribution >= 0.6 is 0 Å². The van der Waals surface area contributed by atoms with E-state index in [1.54, 1.807) is 4.68 Å². The fraction of sp³-hybridized carbons (Fsp3) is 0.308. The lowest BCUT2D eigenvalue weighted by Gasteiger charge is -2.18. The van der Waals surface area contributed by atoms with Gasteiger partial charge in [0.15, 0.2) is 0 Å². The summed E-state index contributed by atoms with van der Waals surface area (Å²) in [5.74, 6) is -0.236. The van der Waals surface area contributed by atoms with Crippen molar-refractivity contribution in [2.75, 3.05) is 19.0 Å². The Morgan fingerprint density at radius 1 is 1.03 bits per heavy atom. The second kappa shape index (κ2) is 9.51. The number of fused-ring (bicyclic) bond motifs is 1. The number of carbonyl (C=O) groups excluding carboxylic acids is 1. The Bertz CT molecular complexity index is 1370. The molecule has 0 radical (unpaired) electrons. The minimum absolute atomic E-state index is 0.236. The summed E-state index contributed by atoms with van der Waals surface area (Å²) in [6.07, 6.45) is 0.440. The Balaban J connectivity index is 1.64. The summed E-state index contributed by atoms with van der Waals surface area (Å²) < 4.78 is 3.07. The molecule has 8 nitrogen and oxygen atoms in total. The molecule has 4 rings (SSSR count). The average molecular weight is 459 g/mol. The van der Waals surface area contributed by atoms with Crippen LogP contribution in [0, 0.1) is 13.8 Å². The van der Waals surface area contributed by atoms with Crippen molar-refractivity contribution < 1.29 is 4.79 Å². The lowest BCUT2D eigenvalue weighted by molar-refractivity contribution is -0.125. The van der Waals surface area contributed by atoms with Crippen LogP contribution < -0.4 is 15.8 Å². The van der Waals surface area contributed by atoms with Gasteiger partial charge in [0.25, 0.3) is 5.56 Å². The number of hydrogen-bond acceptors (Lipinski definition) is 5. The Kier molecular flexibility index (Phi) is 6.49. The highest BCUT2D eigenvalue weighted by molar-refractivity contribution is 5.84. The van der Waals surface area contributed by atoms with Crippen LogP contribution in [0.4, 0.5) is 5.69 Å². The van der Waals surface area contributed by atoms with Crippen molar-refractivity contribution in [1.82, 2.24) is 24.9 Å². The zero-order valence-electron chi connectivity index (χ0n) is 20.2. The molecular weight excluding hydrogens is 428 g/mol. The van der Waals surface area contributed by atoms with Crippen molar-refractivity contribution in [2.24, 2.45) is 0 Å². The van der Waals surface area contributed by atoms with Crippen LogP contribution in [0.3, 0.4) is 0 Å². The molecule has 1 unspecified atom stereocenters. The van der Waals surface area contributed by atoms with Crippen molar-refractivity contribution in [3.8, 4) is 5.69 Å². The standard InChI is InChI=1S/C26H30N6O2/c1-6-22(25(33)27-16-19-12-14-20(15-13-19)30(4)5)32-26(34)23-18(3)31(21-10-8-7-9-11-21)29-24(23)17(2)28-32/h7-15,22H,6,16H2,1-5H3,(H,27,33). The van der Waals surface area contributed by atoms with Gasteiger partial charge in [0.1, 0.15) is 11.6 Å². The second-order valence-electron chi connectivity index (χ2n) is 8.59. The molecule has 1 atom stereocenters. The Morgan fingerprint density at radius 2 is 1.71 bits per heavy atom. The van der Waals surface area contributed by atoms with Crippen molar-refractivity contribution in [3.05, 3.63) is 81.9 Å². The first-order valence-electron chi connectivity index (χ1n) is 11.4. The number of carbonyl (C=O) groups is 1. The number of nitrogens with zero attached hydrogens (tertiary/aromatic N) is 5. The first-order valence-corrected chi connectivity index (χ1v) is 11.4. The highest BCUT2D eigenvalue weighted by atomic mass is 16.2. The van der Waals surface area contributed by atoms with Gasteiger partial charge in [0.05, 0.1) is 22.5 Å². The quantitative estimate of drug-likeness (QED) is 0.458. The van der Waals surface area contributed by atoms with Crippen LogP contribution in [0.5, 0.6) is 0 Å². The maximum absolute atomic E-state index is 13.5. The second-order valence-corrected chi connectivity index (χ2v) is 8.59. The van der Waals surface area contributed by atoms with E-state index >= 15 is 0 Å². The molecule has 4 aromatic rings. The van der Waals surface area contributed by atoms with Crippen molar-refractivity contribution in [2.45, 2.75) is 39.8 Å². The normalized spacial score (nSPS) is 12.0. The molecule has 0 saturated heterocycles. The van der Waals surface area contributed by atoms with Crippen LogP contribution in [-0.4, -0.2) is 39.6 Å². The Morgan fingerprint density at radius 3 is 2.32 bits per heavy atom. The van der Waals surface area contributed by atoms with E-state index in [0.717, 1.165) is 22.6 Å². The molecule has 2 aromatic heterocycles. The summed E-state index contributed by atoms with van der Waals surface area (Å²) in [5.41, 5.74) is 4.52. The third kappa shape index (κ3) is 4.31. The number of aryl methyl sites for hydroxylation is 2. The molecule has 1 N–H and O–H groups in total. The van der Waals surface area contributed by atoms with E-state index in [2.05, 4.69) is 15.5 Å². The lowest BCUT2D eigenvalue weighted by atomic mass is 10.1. The smallest absolute Gasteiger partial charge is 0.278 e. The fourth-order valence-electron chi connectivity index (χ4n) is 4.10. The number of aromatic nitrogens is 4. The molecule has 8 heteroatoms. The maximum Gasteiger partial charge on any atom is 0.278 e. The molecule has 0 bridgehead atoms. The predicted octanol–water partition coefficient (Wildman–Crippen LogP) is 3.53. The van der Waals surface area contributed by atoms with Gasteiger partial charge in [-0.2, -0.15) is 10.2 Å². The lowest BCUT2D eigenvalue weighted by Crippen LogP contribution is -2.38. The number of amides is 1. The van der Waals surface area contributed by atoms with Gasteiger partial charge in [-0.15, -0.1) is 0 Å². The van der Waals surface area contributed by atoms with Crippen LogP contribution in [-0.2, 0) is 11.3 Å². The zero-order chi connectivity index (χ0) is 24.4. The molecule has 0 aliphatic rings. The monoisotopic (exact) mass is 458 g/mol. The molecule has 0 saturated carbocycles. The van der Waals surface area contributed by atoms with Gasteiger partial charge in [0.2, 0.25) is 5.91 Å². The molecule has 176 valence electrons. The van der Waals surface area contributed by atoms with E-state index in [4.69, 9.17) is 0 Å². The molecule has 2 aromatic carbocycles. The third-order valence-corrected chi connectivity index (χ3v) is 6.04. The third-order valence-electron chi connectivity index (χ3n) is 6.04. The number of anilines is 1. The first-order chi connectivity index (χ1) is 16.3. The largest absolute Gasteiger partial charge is 0.378 e. The number of para-hydroxylation sites is 1. The van der Waals surface area contributed by atoms with Crippen LogP contribution in [0.1, 0.15) is 36.3 Å². The molecule has 0 fully saturated rings. The van der Waals surface area contributed by atoms with E-state index in [0.29, 0.717) is 29.6 Å². The van der Waals surface area contributed by atoms with Crippen LogP contribution in [0.15, 0.2) is 59.4 Å². The van der Waals surface area contributed by atoms with Gasteiger partial charge < -0.3 is 10.2 Å². The molecular formula is C26H30N6O2. The SMILES string of the molecule is CCC(C(=O)NCc1ccc(N(C)C)cc1)n1nc(C)c2nn(-c3ccccc3)c(C)c2c1=O. The molecule has 0 aliphatic heterocycles. The summed E-state index contributed by atoms with van der Waals surface area (Å²) in [6.45, 7) is 5.94. The predicted molar refractivity (Wildman–Crippen MR) is 135 cm³/mol. The summed E-state index contributed by atoms with van der Waals surface area (Å²) >= 11 is 0.